The topological polar surface area (TPSA) is 96.5 Å². The van der Waals surface area contributed by atoms with Crippen LogP contribution in [0.4, 0.5) is 5.69 Å². The Bertz CT molecular complexity index is 580. The summed E-state index contributed by atoms with van der Waals surface area (Å²) in [5, 5.41) is 5.77. The lowest BCUT2D eigenvalue weighted by atomic mass is 10.2. The summed E-state index contributed by atoms with van der Waals surface area (Å²) in [7, 11) is -3.47. The molecule has 2 rings (SSSR count). The number of anilines is 1. The first-order valence-corrected chi connectivity index (χ1v) is 8.23. The third-order valence-corrected chi connectivity index (χ3v) is 4.57. The number of morpholine rings is 1. The van der Waals surface area contributed by atoms with Gasteiger partial charge >= 0.3 is 0 Å². The first-order valence-electron chi connectivity index (χ1n) is 6.74. The van der Waals surface area contributed by atoms with Crippen LogP contribution in [0.25, 0.3) is 0 Å². The van der Waals surface area contributed by atoms with Crippen LogP contribution in [0.15, 0.2) is 29.2 Å². The van der Waals surface area contributed by atoms with Crippen LogP contribution in [0.2, 0.25) is 0 Å². The van der Waals surface area contributed by atoms with Gasteiger partial charge in [-0.1, -0.05) is 6.92 Å². The lowest BCUT2D eigenvalue weighted by molar-refractivity contribution is -0.120. The quantitative estimate of drug-likeness (QED) is 0.706. The number of carbonyl (C=O) groups excluding carboxylic acids is 1. The van der Waals surface area contributed by atoms with E-state index in [0.717, 1.165) is 0 Å². The Morgan fingerprint density at radius 2 is 2.10 bits per heavy atom. The van der Waals surface area contributed by atoms with Crippen molar-refractivity contribution in [3.8, 4) is 0 Å². The largest absolute Gasteiger partial charge is 0.378 e. The van der Waals surface area contributed by atoms with Gasteiger partial charge in [0.25, 0.3) is 0 Å². The number of amides is 1. The zero-order valence-corrected chi connectivity index (χ0v) is 12.6. The molecule has 1 saturated heterocycles. The van der Waals surface area contributed by atoms with Gasteiger partial charge in [-0.25, -0.2) is 13.1 Å². The van der Waals surface area contributed by atoms with Crippen molar-refractivity contribution in [1.29, 1.82) is 0 Å². The van der Waals surface area contributed by atoms with Gasteiger partial charge < -0.3 is 15.4 Å². The van der Waals surface area contributed by atoms with Gasteiger partial charge in [-0.15, -0.1) is 0 Å². The first kappa shape index (κ1) is 15.9. The third kappa shape index (κ3) is 4.24. The molecule has 21 heavy (non-hydrogen) atoms. The fourth-order valence-electron chi connectivity index (χ4n) is 1.95. The lowest BCUT2D eigenvalue weighted by Gasteiger charge is -2.22. The molecule has 1 aliphatic rings. The highest BCUT2D eigenvalue weighted by Crippen LogP contribution is 2.14. The molecule has 1 aromatic rings. The fourth-order valence-corrected chi connectivity index (χ4v) is 3.00. The second kappa shape index (κ2) is 6.99. The van der Waals surface area contributed by atoms with Gasteiger partial charge in [0, 0.05) is 18.8 Å². The van der Waals surface area contributed by atoms with Crippen LogP contribution in [0, 0.1) is 0 Å². The molecule has 0 saturated carbocycles. The van der Waals surface area contributed by atoms with E-state index >= 15 is 0 Å². The van der Waals surface area contributed by atoms with Crippen LogP contribution in [-0.4, -0.2) is 46.7 Å². The van der Waals surface area contributed by atoms with Crippen molar-refractivity contribution in [2.75, 3.05) is 31.6 Å². The molecule has 1 fully saturated rings. The van der Waals surface area contributed by atoms with Crippen LogP contribution in [0.5, 0.6) is 0 Å². The molecule has 0 radical (unpaired) electrons. The SMILES string of the molecule is CCNS(=O)(=O)c1ccc(NC(=O)C2COCCN2)cc1. The summed E-state index contributed by atoms with van der Waals surface area (Å²) in [5.41, 5.74) is 0.544. The molecule has 1 atom stereocenters. The summed E-state index contributed by atoms with van der Waals surface area (Å²) < 4.78 is 31.2. The zero-order chi connectivity index (χ0) is 15.3. The van der Waals surface area contributed by atoms with Crippen molar-refractivity contribution in [1.82, 2.24) is 10.0 Å². The van der Waals surface area contributed by atoms with Crippen molar-refractivity contribution in [2.45, 2.75) is 17.9 Å². The van der Waals surface area contributed by atoms with E-state index in [9.17, 15) is 13.2 Å². The highest BCUT2D eigenvalue weighted by molar-refractivity contribution is 7.89. The van der Waals surface area contributed by atoms with Gasteiger partial charge in [0.15, 0.2) is 0 Å². The molecule has 1 unspecified atom stereocenters. The number of rotatable bonds is 5. The van der Waals surface area contributed by atoms with Crippen molar-refractivity contribution in [2.24, 2.45) is 0 Å². The molecule has 116 valence electrons. The summed E-state index contributed by atoms with van der Waals surface area (Å²) in [6, 6.07) is 5.65. The van der Waals surface area contributed by atoms with E-state index in [-0.39, 0.29) is 16.8 Å². The average Bonchev–Trinajstić information content (AvgIpc) is 2.48. The van der Waals surface area contributed by atoms with Gasteiger partial charge in [0.05, 0.1) is 18.1 Å². The normalized spacial score (nSPS) is 19.2. The third-order valence-electron chi connectivity index (χ3n) is 3.00. The Morgan fingerprint density at radius 1 is 1.38 bits per heavy atom. The number of carbonyl (C=O) groups is 1. The van der Waals surface area contributed by atoms with Crippen molar-refractivity contribution >= 4 is 21.6 Å². The van der Waals surface area contributed by atoms with E-state index in [4.69, 9.17) is 4.74 Å². The molecule has 1 amide bonds. The second-order valence-electron chi connectivity index (χ2n) is 4.60. The van der Waals surface area contributed by atoms with Crippen LogP contribution in [0.3, 0.4) is 0 Å². The summed E-state index contributed by atoms with van der Waals surface area (Å²) in [6.07, 6.45) is 0. The van der Waals surface area contributed by atoms with E-state index in [1.165, 1.54) is 12.1 Å². The molecular formula is C13H19N3O4S. The number of hydrogen-bond donors (Lipinski definition) is 3. The summed E-state index contributed by atoms with van der Waals surface area (Å²) in [5.74, 6) is -0.197. The number of ether oxygens (including phenoxy) is 1. The van der Waals surface area contributed by atoms with Gasteiger partial charge in [-0.2, -0.15) is 0 Å². The van der Waals surface area contributed by atoms with E-state index in [1.807, 2.05) is 0 Å². The maximum absolute atomic E-state index is 12.0. The molecule has 0 aliphatic carbocycles. The predicted octanol–water partition coefficient (Wildman–Crippen LogP) is -0.0883. The maximum Gasteiger partial charge on any atom is 0.243 e. The molecule has 1 aromatic carbocycles. The number of hydrogen-bond acceptors (Lipinski definition) is 5. The molecule has 1 heterocycles. The molecule has 0 spiro atoms. The first-order chi connectivity index (χ1) is 10.0. The van der Waals surface area contributed by atoms with Gasteiger partial charge in [0.2, 0.25) is 15.9 Å². The Balaban J connectivity index is 2.00. The molecule has 1 aliphatic heterocycles. The van der Waals surface area contributed by atoms with Crippen molar-refractivity contribution in [3.63, 3.8) is 0 Å². The van der Waals surface area contributed by atoms with E-state index in [1.54, 1.807) is 19.1 Å². The second-order valence-corrected chi connectivity index (χ2v) is 6.36. The van der Waals surface area contributed by atoms with Crippen molar-refractivity contribution in [3.05, 3.63) is 24.3 Å². The standard InChI is InChI=1S/C13H19N3O4S/c1-2-15-21(18,19)11-5-3-10(4-6-11)16-13(17)12-9-20-8-7-14-12/h3-6,12,14-15H,2,7-9H2,1H3,(H,16,17). The molecule has 0 bridgehead atoms. The number of nitrogens with one attached hydrogen (secondary N) is 3. The zero-order valence-electron chi connectivity index (χ0n) is 11.8. The van der Waals surface area contributed by atoms with Gasteiger partial charge in [-0.3, -0.25) is 4.79 Å². The minimum atomic E-state index is -3.47. The molecule has 7 nitrogen and oxygen atoms in total. The minimum Gasteiger partial charge on any atom is -0.378 e. The average molecular weight is 313 g/mol. The summed E-state index contributed by atoms with van der Waals surface area (Å²) in [6.45, 7) is 3.61. The van der Waals surface area contributed by atoms with E-state index in [0.29, 0.717) is 32.0 Å². The van der Waals surface area contributed by atoms with Gasteiger partial charge in [-0.05, 0) is 24.3 Å². The van der Waals surface area contributed by atoms with Crippen LogP contribution in [0.1, 0.15) is 6.92 Å². The summed E-state index contributed by atoms with van der Waals surface area (Å²) >= 11 is 0. The molecular weight excluding hydrogens is 294 g/mol. The van der Waals surface area contributed by atoms with Crippen LogP contribution in [-0.2, 0) is 19.6 Å². The molecule has 0 aromatic heterocycles. The minimum absolute atomic E-state index is 0.168. The smallest absolute Gasteiger partial charge is 0.243 e. The van der Waals surface area contributed by atoms with Crippen LogP contribution < -0.4 is 15.4 Å². The predicted molar refractivity (Wildman–Crippen MR) is 78.5 cm³/mol. The molecule has 8 heteroatoms. The van der Waals surface area contributed by atoms with E-state index in [2.05, 4.69) is 15.4 Å². The highest BCUT2D eigenvalue weighted by Gasteiger charge is 2.21. The Labute approximate surface area is 124 Å². The Hall–Kier alpha value is -1.48. The van der Waals surface area contributed by atoms with Crippen LogP contribution >= 0.6 is 0 Å². The summed E-state index contributed by atoms with van der Waals surface area (Å²) in [4.78, 5) is 12.1. The lowest BCUT2D eigenvalue weighted by Crippen LogP contribution is -2.48. The Morgan fingerprint density at radius 3 is 2.67 bits per heavy atom. The Kier molecular flexibility index (Phi) is 5.29. The maximum atomic E-state index is 12.0. The highest BCUT2D eigenvalue weighted by atomic mass is 32.2. The number of sulfonamides is 1. The number of benzene rings is 1. The van der Waals surface area contributed by atoms with E-state index < -0.39 is 10.0 Å². The monoisotopic (exact) mass is 313 g/mol. The van der Waals surface area contributed by atoms with Crippen molar-refractivity contribution < 1.29 is 17.9 Å². The fraction of sp³-hybridized carbons (Fsp3) is 0.462. The molecule has 3 N–H and O–H groups in total. The van der Waals surface area contributed by atoms with Gasteiger partial charge in [0.1, 0.15) is 6.04 Å².